The molecule has 2 aliphatic rings. The third-order valence-corrected chi connectivity index (χ3v) is 5.53. The van der Waals surface area contributed by atoms with Gasteiger partial charge in [-0.3, -0.25) is 0 Å². The van der Waals surface area contributed by atoms with Gasteiger partial charge >= 0.3 is 6.09 Å². The Hall–Kier alpha value is -2.60. The number of rotatable bonds is 4. The van der Waals surface area contributed by atoms with E-state index >= 15 is 0 Å². The predicted octanol–water partition coefficient (Wildman–Crippen LogP) is 4.10. The molecule has 1 fully saturated rings. The topological polar surface area (TPSA) is 70.6 Å². The van der Waals surface area contributed by atoms with E-state index in [2.05, 4.69) is 29.7 Å². The van der Waals surface area contributed by atoms with Gasteiger partial charge in [0.05, 0.1) is 0 Å². The molecule has 1 aliphatic carbocycles. The third kappa shape index (κ3) is 4.44. The van der Waals surface area contributed by atoms with Crippen molar-refractivity contribution in [3.05, 3.63) is 65.0 Å². The molecule has 3 unspecified atom stereocenters. The molecule has 150 valence electrons. The fraction of sp³-hybridized carbons (Fsp3) is 0.409. The van der Waals surface area contributed by atoms with Crippen LogP contribution in [0.4, 0.5) is 9.18 Å². The van der Waals surface area contributed by atoms with Crippen LogP contribution in [0.15, 0.2) is 42.5 Å². The minimum Gasteiger partial charge on any atom is -0.489 e. The number of fused-ring (bicyclic) bond motifs is 3. The summed E-state index contributed by atoms with van der Waals surface area (Å²) in [6.45, 7) is 6.96. The SMILES string of the molecule is CC1c2ccc(OCc3ccccc3F)cc2C2CNCC12.CCNC(=O)O. The number of amides is 1. The van der Waals surface area contributed by atoms with Gasteiger partial charge in [0, 0.05) is 24.6 Å². The summed E-state index contributed by atoms with van der Waals surface area (Å²) in [5.41, 5.74) is 3.46. The molecule has 1 saturated heterocycles. The minimum absolute atomic E-state index is 0.211. The fourth-order valence-corrected chi connectivity index (χ4v) is 4.10. The molecule has 1 aliphatic heterocycles. The molecular formula is C22H27FN2O3. The summed E-state index contributed by atoms with van der Waals surface area (Å²) in [5, 5.41) is 13.4. The molecule has 3 N–H and O–H groups in total. The average Bonchev–Trinajstić information content (AvgIpc) is 3.25. The van der Waals surface area contributed by atoms with Crippen LogP contribution in [0.2, 0.25) is 0 Å². The van der Waals surface area contributed by atoms with Crippen LogP contribution in [0.1, 0.15) is 42.4 Å². The van der Waals surface area contributed by atoms with Crippen molar-refractivity contribution in [2.45, 2.75) is 32.3 Å². The molecule has 5 nitrogen and oxygen atoms in total. The smallest absolute Gasteiger partial charge is 0.404 e. The number of halogens is 1. The maximum Gasteiger partial charge on any atom is 0.404 e. The fourth-order valence-electron chi connectivity index (χ4n) is 4.10. The summed E-state index contributed by atoms with van der Waals surface area (Å²) in [6, 6.07) is 13.1. The third-order valence-electron chi connectivity index (χ3n) is 5.53. The van der Waals surface area contributed by atoms with Gasteiger partial charge in [-0.05, 0) is 54.6 Å². The first-order valence-electron chi connectivity index (χ1n) is 9.68. The highest BCUT2D eigenvalue weighted by atomic mass is 19.1. The van der Waals surface area contributed by atoms with Gasteiger partial charge in [0.2, 0.25) is 0 Å². The summed E-state index contributed by atoms with van der Waals surface area (Å²) < 4.78 is 19.5. The Kier molecular flexibility index (Phi) is 6.52. The Balaban J connectivity index is 0.000000330. The van der Waals surface area contributed by atoms with Crippen molar-refractivity contribution in [3.63, 3.8) is 0 Å². The van der Waals surface area contributed by atoms with Crippen LogP contribution in [0.3, 0.4) is 0 Å². The molecule has 0 saturated carbocycles. The molecule has 4 rings (SSSR count). The Morgan fingerprint density at radius 1 is 1.25 bits per heavy atom. The molecule has 1 amide bonds. The second-order valence-electron chi connectivity index (χ2n) is 7.22. The zero-order valence-corrected chi connectivity index (χ0v) is 16.2. The summed E-state index contributed by atoms with van der Waals surface area (Å²) >= 11 is 0. The Bertz CT molecular complexity index is 827. The highest BCUT2D eigenvalue weighted by molar-refractivity contribution is 5.64. The van der Waals surface area contributed by atoms with Crippen LogP contribution >= 0.6 is 0 Å². The van der Waals surface area contributed by atoms with E-state index in [1.807, 2.05) is 12.1 Å². The highest BCUT2D eigenvalue weighted by Gasteiger charge is 2.41. The van der Waals surface area contributed by atoms with Gasteiger partial charge in [-0.1, -0.05) is 31.2 Å². The van der Waals surface area contributed by atoms with Crippen molar-refractivity contribution in [3.8, 4) is 5.75 Å². The van der Waals surface area contributed by atoms with Crippen LogP contribution in [-0.2, 0) is 6.61 Å². The van der Waals surface area contributed by atoms with E-state index in [4.69, 9.17) is 9.84 Å². The molecule has 0 radical (unpaired) electrons. The molecule has 0 aromatic heterocycles. The van der Waals surface area contributed by atoms with Crippen molar-refractivity contribution in [1.29, 1.82) is 0 Å². The molecule has 1 heterocycles. The standard InChI is InChI=1S/C19H20FNO.C3H7NO2/c1-12-15-7-6-14(8-16(15)18-10-21-9-17(12)18)22-11-13-4-2-3-5-19(13)20;1-2-4-3(5)6/h2-8,12,17-18,21H,9-11H2,1H3;4H,2H2,1H3,(H,5,6). The molecule has 28 heavy (non-hydrogen) atoms. The first-order valence-corrected chi connectivity index (χ1v) is 9.68. The number of nitrogens with one attached hydrogen (secondary N) is 2. The average molecular weight is 386 g/mol. The molecular weight excluding hydrogens is 359 g/mol. The molecule has 3 atom stereocenters. The van der Waals surface area contributed by atoms with Crippen LogP contribution in [0.25, 0.3) is 0 Å². The highest BCUT2D eigenvalue weighted by Crippen LogP contribution is 2.48. The lowest BCUT2D eigenvalue weighted by Gasteiger charge is -2.12. The van der Waals surface area contributed by atoms with Gasteiger partial charge < -0.3 is 20.5 Å². The van der Waals surface area contributed by atoms with Crippen molar-refractivity contribution in [1.82, 2.24) is 10.6 Å². The molecule has 0 bridgehead atoms. The number of ether oxygens (including phenoxy) is 1. The second kappa shape index (κ2) is 9.06. The van der Waals surface area contributed by atoms with Gasteiger partial charge in [-0.25, -0.2) is 9.18 Å². The summed E-state index contributed by atoms with van der Waals surface area (Å²) in [6.07, 6.45) is -0.961. The van der Waals surface area contributed by atoms with Crippen LogP contribution in [0, 0.1) is 11.7 Å². The van der Waals surface area contributed by atoms with Crippen molar-refractivity contribution in [2.75, 3.05) is 19.6 Å². The zero-order valence-electron chi connectivity index (χ0n) is 16.2. The number of benzene rings is 2. The maximum absolute atomic E-state index is 13.7. The predicted molar refractivity (Wildman–Crippen MR) is 106 cm³/mol. The second-order valence-corrected chi connectivity index (χ2v) is 7.22. The molecule has 0 spiro atoms. The van der Waals surface area contributed by atoms with E-state index in [1.165, 1.54) is 17.2 Å². The lowest BCUT2D eigenvalue weighted by molar-refractivity contribution is 0.195. The Morgan fingerprint density at radius 3 is 2.71 bits per heavy atom. The van der Waals surface area contributed by atoms with E-state index in [-0.39, 0.29) is 12.4 Å². The van der Waals surface area contributed by atoms with E-state index in [0.717, 1.165) is 18.8 Å². The molecule has 6 heteroatoms. The van der Waals surface area contributed by atoms with Crippen molar-refractivity contribution in [2.24, 2.45) is 5.92 Å². The van der Waals surface area contributed by atoms with Gasteiger partial charge in [0.25, 0.3) is 0 Å². The first-order chi connectivity index (χ1) is 13.5. The van der Waals surface area contributed by atoms with Crippen molar-refractivity contribution >= 4 is 6.09 Å². The van der Waals surface area contributed by atoms with Gasteiger partial charge in [-0.2, -0.15) is 0 Å². The van der Waals surface area contributed by atoms with Gasteiger partial charge in [0.1, 0.15) is 18.2 Å². The van der Waals surface area contributed by atoms with Gasteiger partial charge in [-0.15, -0.1) is 0 Å². The summed E-state index contributed by atoms with van der Waals surface area (Å²) in [5.74, 6) is 2.54. The number of carbonyl (C=O) groups is 1. The van der Waals surface area contributed by atoms with E-state index < -0.39 is 6.09 Å². The largest absolute Gasteiger partial charge is 0.489 e. The van der Waals surface area contributed by atoms with E-state index in [9.17, 15) is 9.18 Å². The zero-order chi connectivity index (χ0) is 20.1. The lowest BCUT2D eigenvalue weighted by atomic mass is 9.91. The van der Waals surface area contributed by atoms with Crippen LogP contribution in [-0.4, -0.2) is 30.8 Å². The number of hydrogen-bond acceptors (Lipinski definition) is 3. The minimum atomic E-state index is -0.961. The Labute approximate surface area is 164 Å². The van der Waals surface area contributed by atoms with Crippen LogP contribution in [0.5, 0.6) is 5.75 Å². The monoisotopic (exact) mass is 386 g/mol. The molecule has 2 aromatic rings. The quantitative estimate of drug-likeness (QED) is 0.740. The summed E-state index contributed by atoms with van der Waals surface area (Å²) in [7, 11) is 0. The van der Waals surface area contributed by atoms with E-state index in [1.54, 1.807) is 19.1 Å². The number of carboxylic acid groups (broad SMARTS) is 1. The number of hydrogen-bond donors (Lipinski definition) is 3. The van der Waals surface area contributed by atoms with Gasteiger partial charge in [0.15, 0.2) is 0 Å². The molecule has 2 aromatic carbocycles. The van der Waals surface area contributed by atoms with E-state index in [0.29, 0.717) is 29.9 Å². The Morgan fingerprint density at radius 2 is 2.04 bits per heavy atom. The normalized spacial score (nSPS) is 21.9. The summed E-state index contributed by atoms with van der Waals surface area (Å²) in [4.78, 5) is 9.49. The van der Waals surface area contributed by atoms with Crippen molar-refractivity contribution < 1.29 is 19.0 Å². The van der Waals surface area contributed by atoms with Crippen LogP contribution < -0.4 is 15.4 Å². The lowest BCUT2D eigenvalue weighted by Crippen LogP contribution is -2.19. The first kappa shape index (κ1) is 20.1. The maximum atomic E-state index is 13.7.